The second-order valence-corrected chi connectivity index (χ2v) is 2.93. The fraction of sp³-hybridized carbons (Fsp3) is 0.100. The number of H-pyrrole nitrogens is 1. The largest absolute Gasteiger partial charge is 0.416 e. The number of hydrogen-bond donors (Lipinski definition) is 1. The molecule has 3 heteroatoms. The lowest BCUT2D eigenvalue weighted by molar-refractivity contribution is 0.515. The summed E-state index contributed by atoms with van der Waals surface area (Å²) in [4.78, 5) is 13.3. The predicted molar refractivity (Wildman–Crippen MR) is 49.5 cm³/mol. The van der Waals surface area contributed by atoms with Crippen molar-refractivity contribution in [1.82, 2.24) is 4.98 Å². The Bertz CT molecular complexity index is 468. The fourth-order valence-corrected chi connectivity index (χ4v) is 1.23. The molecule has 0 unspecified atom stereocenters. The van der Waals surface area contributed by atoms with Crippen molar-refractivity contribution < 1.29 is 4.42 Å². The first-order chi connectivity index (χ1) is 6.25. The lowest BCUT2D eigenvalue weighted by Crippen LogP contribution is -1.94. The third kappa shape index (κ3) is 1.54. The fourth-order valence-electron chi connectivity index (χ4n) is 1.23. The van der Waals surface area contributed by atoms with E-state index < -0.39 is 5.76 Å². The van der Waals surface area contributed by atoms with Gasteiger partial charge in [-0.15, -0.1) is 0 Å². The van der Waals surface area contributed by atoms with Crippen molar-refractivity contribution >= 4 is 0 Å². The van der Waals surface area contributed by atoms with E-state index in [0.29, 0.717) is 5.69 Å². The number of benzene rings is 1. The molecular formula is C10H9NO2. The average molecular weight is 175 g/mol. The van der Waals surface area contributed by atoms with Gasteiger partial charge in [-0.25, -0.2) is 4.79 Å². The van der Waals surface area contributed by atoms with Gasteiger partial charge in [-0.05, 0) is 13.0 Å². The molecule has 66 valence electrons. The number of nitrogens with one attached hydrogen (secondary N) is 1. The predicted octanol–water partition coefficient (Wildman–Crippen LogP) is 1.94. The van der Waals surface area contributed by atoms with E-state index in [1.165, 1.54) is 6.26 Å². The molecule has 1 heterocycles. The second-order valence-electron chi connectivity index (χ2n) is 2.93. The van der Waals surface area contributed by atoms with Gasteiger partial charge in [-0.3, -0.25) is 4.98 Å². The van der Waals surface area contributed by atoms with Crippen LogP contribution in [0.15, 0.2) is 39.7 Å². The minimum atomic E-state index is -0.420. The summed E-state index contributed by atoms with van der Waals surface area (Å²) in [6.07, 6.45) is 1.43. The molecule has 2 aromatic rings. The zero-order valence-electron chi connectivity index (χ0n) is 7.20. The standard InChI is InChI=1S/C10H9NO2/c1-7-3-2-4-8(5-7)9-6-13-10(12)11-9/h2-6H,1H3,(H,11,12). The summed E-state index contributed by atoms with van der Waals surface area (Å²) >= 11 is 0. The molecule has 1 N–H and O–H groups in total. The molecule has 0 amide bonds. The summed E-state index contributed by atoms with van der Waals surface area (Å²) < 4.78 is 4.65. The molecule has 0 saturated heterocycles. The van der Waals surface area contributed by atoms with Gasteiger partial charge in [0.05, 0.1) is 5.69 Å². The molecule has 0 atom stereocenters. The molecule has 0 radical (unpaired) electrons. The average Bonchev–Trinajstić information content (AvgIpc) is 2.52. The molecule has 3 nitrogen and oxygen atoms in total. The smallest absolute Gasteiger partial charge is 0.416 e. The maximum atomic E-state index is 10.7. The third-order valence-electron chi connectivity index (χ3n) is 1.85. The molecule has 13 heavy (non-hydrogen) atoms. The van der Waals surface area contributed by atoms with Crippen LogP contribution < -0.4 is 5.76 Å². The number of aromatic amines is 1. The Hall–Kier alpha value is -1.77. The summed E-state index contributed by atoms with van der Waals surface area (Å²) in [7, 11) is 0. The van der Waals surface area contributed by atoms with Gasteiger partial charge in [0.25, 0.3) is 0 Å². The van der Waals surface area contributed by atoms with E-state index >= 15 is 0 Å². The zero-order chi connectivity index (χ0) is 9.26. The first kappa shape index (κ1) is 7.86. The SMILES string of the molecule is Cc1cccc(-c2coc(=O)[nH]2)c1. The van der Waals surface area contributed by atoms with Gasteiger partial charge in [0.1, 0.15) is 6.26 Å². The van der Waals surface area contributed by atoms with Crippen molar-refractivity contribution in [3.05, 3.63) is 46.6 Å². The molecule has 2 rings (SSSR count). The molecule has 0 saturated carbocycles. The van der Waals surface area contributed by atoms with Crippen LogP contribution in [-0.2, 0) is 0 Å². The Labute approximate surface area is 75.0 Å². The number of oxazole rings is 1. The number of aromatic nitrogens is 1. The maximum absolute atomic E-state index is 10.7. The van der Waals surface area contributed by atoms with Crippen LogP contribution in [0.1, 0.15) is 5.56 Å². The molecule has 0 bridgehead atoms. The molecule has 0 aliphatic rings. The monoisotopic (exact) mass is 175 g/mol. The Morgan fingerprint density at radius 2 is 2.23 bits per heavy atom. The van der Waals surface area contributed by atoms with Crippen LogP contribution >= 0.6 is 0 Å². The van der Waals surface area contributed by atoms with Crippen molar-refractivity contribution in [2.45, 2.75) is 6.92 Å². The van der Waals surface area contributed by atoms with Gasteiger partial charge in [0.15, 0.2) is 0 Å². The van der Waals surface area contributed by atoms with Gasteiger partial charge in [0, 0.05) is 5.56 Å². The minimum absolute atomic E-state index is 0.420. The van der Waals surface area contributed by atoms with Gasteiger partial charge < -0.3 is 4.42 Å². The highest BCUT2D eigenvalue weighted by Crippen LogP contribution is 2.16. The second kappa shape index (κ2) is 2.94. The Morgan fingerprint density at radius 1 is 1.38 bits per heavy atom. The van der Waals surface area contributed by atoms with Gasteiger partial charge in [-0.1, -0.05) is 23.8 Å². The van der Waals surface area contributed by atoms with E-state index in [2.05, 4.69) is 9.40 Å². The Balaban J connectivity index is 2.52. The molecular weight excluding hydrogens is 166 g/mol. The first-order valence-corrected chi connectivity index (χ1v) is 4.00. The van der Waals surface area contributed by atoms with Crippen LogP contribution in [0.4, 0.5) is 0 Å². The van der Waals surface area contributed by atoms with Crippen LogP contribution in [0, 0.1) is 6.92 Å². The molecule has 1 aromatic carbocycles. The van der Waals surface area contributed by atoms with Crippen LogP contribution in [0.2, 0.25) is 0 Å². The molecule has 0 spiro atoms. The van der Waals surface area contributed by atoms with E-state index in [1.807, 2.05) is 31.2 Å². The lowest BCUT2D eigenvalue weighted by Gasteiger charge is -1.96. The summed E-state index contributed by atoms with van der Waals surface area (Å²) in [5.74, 6) is -0.420. The van der Waals surface area contributed by atoms with Crippen LogP contribution in [0.25, 0.3) is 11.3 Å². The van der Waals surface area contributed by atoms with E-state index in [4.69, 9.17) is 0 Å². The molecule has 0 fully saturated rings. The number of aryl methyl sites for hydroxylation is 1. The highest BCUT2D eigenvalue weighted by molar-refractivity contribution is 5.58. The third-order valence-corrected chi connectivity index (χ3v) is 1.85. The summed E-state index contributed by atoms with van der Waals surface area (Å²) in [6.45, 7) is 2.00. The summed E-state index contributed by atoms with van der Waals surface area (Å²) in [5, 5.41) is 0. The van der Waals surface area contributed by atoms with E-state index in [-0.39, 0.29) is 0 Å². The van der Waals surface area contributed by atoms with Crippen molar-refractivity contribution in [3.63, 3.8) is 0 Å². The number of hydrogen-bond acceptors (Lipinski definition) is 2. The quantitative estimate of drug-likeness (QED) is 0.719. The highest BCUT2D eigenvalue weighted by Gasteiger charge is 2.00. The van der Waals surface area contributed by atoms with Crippen molar-refractivity contribution in [3.8, 4) is 11.3 Å². The Kier molecular flexibility index (Phi) is 1.77. The van der Waals surface area contributed by atoms with Gasteiger partial charge >= 0.3 is 5.76 Å². The van der Waals surface area contributed by atoms with Crippen molar-refractivity contribution in [2.75, 3.05) is 0 Å². The maximum Gasteiger partial charge on any atom is 0.416 e. The van der Waals surface area contributed by atoms with Crippen LogP contribution in [0.5, 0.6) is 0 Å². The Morgan fingerprint density at radius 3 is 2.85 bits per heavy atom. The van der Waals surface area contributed by atoms with Gasteiger partial charge in [-0.2, -0.15) is 0 Å². The molecule has 0 aliphatic carbocycles. The van der Waals surface area contributed by atoms with E-state index in [9.17, 15) is 4.79 Å². The number of rotatable bonds is 1. The van der Waals surface area contributed by atoms with Gasteiger partial charge in [0.2, 0.25) is 0 Å². The van der Waals surface area contributed by atoms with Crippen molar-refractivity contribution in [2.24, 2.45) is 0 Å². The zero-order valence-corrected chi connectivity index (χ0v) is 7.20. The van der Waals surface area contributed by atoms with Crippen molar-refractivity contribution in [1.29, 1.82) is 0 Å². The minimum Gasteiger partial charge on any atom is -0.416 e. The lowest BCUT2D eigenvalue weighted by atomic mass is 10.1. The summed E-state index contributed by atoms with van der Waals surface area (Å²) in [6, 6.07) is 7.85. The molecule has 0 aliphatic heterocycles. The molecule has 1 aromatic heterocycles. The van der Waals surface area contributed by atoms with E-state index in [1.54, 1.807) is 0 Å². The van der Waals surface area contributed by atoms with Crippen LogP contribution in [-0.4, -0.2) is 4.98 Å². The highest BCUT2D eigenvalue weighted by atomic mass is 16.4. The topological polar surface area (TPSA) is 46.0 Å². The first-order valence-electron chi connectivity index (χ1n) is 4.00. The summed E-state index contributed by atoms with van der Waals surface area (Å²) in [5.41, 5.74) is 2.83. The normalized spacial score (nSPS) is 10.2. The van der Waals surface area contributed by atoms with Crippen LogP contribution in [0.3, 0.4) is 0 Å². The van der Waals surface area contributed by atoms with E-state index in [0.717, 1.165) is 11.1 Å².